The minimum Gasteiger partial charge on any atom is -0.372 e. The van der Waals surface area contributed by atoms with Crippen molar-refractivity contribution in [1.29, 1.82) is 0 Å². The third-order valence-corrected chi connectivity index (χ3v) is 5.88. The van der Waals surface area contributed by atoms with Crippen molar-refractivity contribution in [3.63, 3.8) is 0 Å². The molecular formula is C22H34IN5OS. The van der Waals surface area contributed by atoms with Crippen molar-refractivity contribution in [1.82, 2.24) is 15.6 Å². The number of nitrogens with one attached hydrogen (secondary N) is 2. The average Bonchev–Trinajstić information content (AvgIpc) is 3.21. The first-order chi connectivity index (χ1) is 14.0. The van der Waals surface area contributed by atoms with Crippen molar-refractivity contribution in [2.75, 3.05) is 31.6 Å². The molecule has 30 heavy (non-hydrogen) atoms. The predicted octanol–water partition coefficient (Wildman–Crippen LogP) is 3.92. The number of ether oxygens (including phenoxy) is 1. The van der Waals surface area contributed by atoms with Gasteiger partial charge >= 0.3 is 0 Å². The van der Waals surface area contributed by atoms with Gasteiger partial charge in [-0.15, -0.1) is 35.3 Å². The number of thiophene rings is 1. The summed E-state index contributed by atoms with van der Waals surface area (Å²) in [5.74, 6) is 2.38. The number of guanidine groups is 1. The van der Waals surface area contributed by atoms with E-state index in [2.05, 4.69) is 75.9 Å². The van der Waals surface area contributed by atoms with Gasteiger partial charge in [0.1, 0.15) is 5.82 Å². The van der Waals surface area contributed by atoms with Gasteiger partial charge in [0.15, 0.2) is 5.96 Å². The number of hydrogen-bond acceptors (Lipinski definition) is 5. The standard InChI is InChI=1S/C22H33N5OS.HI/c1-16(10-20-6-5-9-29-20)11-25-22(23-4)26-13-19-7-8-21(24-12-19)27-14-17(2)28-18(3)15-27;/h5-9,12,16-18H,10-11,13-15H2,1-4H3,(H2,23,25,26);1H. The summed E-state index contributed by atoms with van der Waals surface area (Å²) in [6.07, 6.45) is 3.50. The topological polar surface area (TPSA) is 61.8 Å². The fourth-order valence-corrected chi connectivity index (χ4v) is 4.46. The highest BCUT2D eigenvalue weighted by Crippen LogP contribution is 2.18. The lowest BCUT2D eigenvalue weighted by molar-refractivity contribution is -0.00545. The number of aromatic nitrogens is 1. The highest BCUT2D eigenvalue weighted by molar-refractivity contribution is 14.0. The van der Waals surface area contributed by atoms with Crippen LogP contribution in [0.2, 0.25) is 0 Å². The molecule has 0 aliphatic carbocycles. The van der Waals surface area contributed by atoms with Crippen LogP contribution in [0, 0.1) is 5.92 Å². The van der Waals surface area contributed by atoms with Crippen molar-refractivity contribution < 1.29 is 4.74 Å². The van der Waals surface area contributed by atoms with Crippen molar-refractivity contribution >= 4 is 47.1 Å². The van der Waals surface area contributed by atoms with Crippen LogP contribution in [-0.4, -0.2) is 49.8 Å². The van der Waals surface area contributed by atoms with Gasteiger partial charge in [0.25, 0.3) is 0 Å². The molecular weight excluding hydrogens is 509 g/mol. The number of morpholine rings is 1. The number of hydrogen-bond donors (Lipinski definition) is 2. The molecule has 0 saturated carbocycles. The Kier molecular flexibility index (Phi) is 10.3. The zero-order valence-electron chi connectivity index (χ0n) is 18.3. The van der Waals surface area contributed by atoms with Crippen LogP contribution in [0.4, 0.5) is 5.82 Å². The molecule has 1 aliphatic rings. The fourth-order valence-electron chi connectivity index (χ4n) is 3.59. The summed E-state index contributed by atoms with van der Waals surface area (Å²) in [5.41, 5.74) is 1.14. The number of aliphatic imine (C=N–C) groups is 1. The number of anilines is 1. The summed E-state index contributed by atoms with van der Waals surface area (Å²) in [4.78, 5) is 12.7. The largest absolute Gasteiger partial charge is 0.372 e. The molecule has 1 aliphatic heterocycles. The molecule has 0 spiro atoms. The molecule has 3 rings (SSSR count). The van der Waals surface area contributed by atoms with E-state index in [1.54, 1.807) is 7.05 Å². The molecule has 0 bridgehead atoms. The Labute approximate surface area is 201 Å². The Balaban J connectivity index is 0.00000320. The van der Waals surface area contributed by atoms with Crippen molar-refractivity contribution in [2.24, 2.45) is 10.9 Å². The first-order valence-electron chi connectivity index (χ1n) is 10.4. The van der Waals surface area contributed by atoms with Gasteiger partial charge < -0.3 is 20.3 Å². The normalized spacial score (nSPS) is 20.4. The SMILES string of the molecule is CN=C(NCc1ccc(N2CC(C)OC(C)C2)nc1)NCC(C)Cc1cccs1.I. The van der Waals surface area contributed by atoms with Crippen molar-refractivity contribution in [3.05, 3.63) is 46.3 Å². The molecule has 0 aromatic carbocycles. The lowest BCUT2D eigenvalue weighted by Crippen LogP contribution is -2.45. The third kappa shape index (κ3) is 7.70. The first-order valence-corrected chi connectivity index (χ1v) is 11.2. The molecule has 2 aromatic rings. The smallest absolute Gasteiger partial charge is 0.191 e. The Hall–Kier alpha value is -1.39. The molecule has 0 amide bonds. The molecule has 2 N–H and O–H groups in total. The van der Waals surface area contributed by atoms with Crippen molar-refractivity contribution in [2.45, 2.75) is 45.9 Å². The summed E-state index contributed by atoms with van der Waals surface area (Å²) in [6.45, 7) is 9.84. The molecule has 0 radical (unpaired) electrons. The summed E-state index contributed by atoms with van der Waals surface area (Å²) in [5, 5.41) is 8.94. The van der Waals surface area contributed by atoms with E-state index in [0.29, 0.717) is 12.5 Å². The second-order valence-electron chi connectivity index (χ2n) is 7.88. The lowest BCUT2D eigenvalue weighted by Gasteiger charge is -2.36. The zero-order chi connectivity index (χ0) is 20.6. The third-order valence-electron chi connectivity index (χ3n) is 4.98. The zero-order valence-corrected chi connectivity index (χ0v) is 21.4. The van der Waals surface area contributed by atoms with Crippen LogP contribution in [0.3, 0.4) is 0 Å². The Morgan fingerprint density at radius 2 is 2.03 bits per heavy atom. The molecule has 3 unspecified atom stereocenters. The number of halogens is 1. The highest BCUT2D eigenvalue weighted by atomic mass is 127. The summed E-state index contributed by atoms with van der Waals surface area (Å²) in [6, 6.07) is 8.54. The van der Waals surface area contributed by atoms with Crippen LogP contribution in [0.1, 0.15) is 31.2 Å². The molecule has 6 nitrogen and oxygen atoms in total. The first kappa shape index (κ1) is 24.9. The molecule has 166 valence electrons. The van der Waals surface area contributed by atoms with Gasteiger partial charge in [-0.2, -0.15) is 0 Å². The quantitative estimate of drug-likeness (QED) is 0.315. The maximum absolute atomic E-state index is 5.81. The van der Waals surface area contributed by atoms with Crippen LogP contribution >= 0.6 is 35.3 Å². The molecule has 3 heterocycles. The maximum Gasteiger partial charge on any atom is 0.191 e. The van der Waals surface area contributed by atoms with Gasteiger partial charge in [-0.05, 0) is 49.3 Å². The van der Waals surface area contributed by atoms with Gasteiger partial charge in [0.2, 0.25) is 0 Å². The van der Waals surface area contributed by atoms with Crippen LogP contribution in [0.15, 0.2) is 40.8 Å². The molecule has 2 aromatic heterocycles. The van der Waals surface area contributed by atoms with Crippen LogP contribution in [0.5, 0.6) is 0 Å². The predicted molar refractivity (Wildman–Crippen MR) is 137 cm³/mol. The van der Waals surface area contributed by atoms with E-state index in [4.69, 9.17) is 4.74 Å². The summed E-state index contributed by atoms with van der Waals surface area (Å²) >= 11 is 1.82. The van der Waals surface area contributed by atoms with E-state index in [1.807, 2.05) is 17.5 Å². The molecule has 3 atom stereocenters. The second-order valence-corrected chi connectivity index (χ2v) is 8.91. The summed E-state index contributed by atoms with van der Waals surface area (Å²) < 4.78 is 5.81. The van der Waals surface area contributed by atoms with Crippen LogP contribution in [0.25, 0.3) is 0 Å². The van der Waals surface area contributed by atoms with E-state index in [1.165, 1.54) is 4.88 Å². The minimum atomic E-state index is 0. The van der Waals surface area contributed by atoms with E-state index >= 15 is 0 Å². The van der Waals surface area contributed by atoms with Crippen molar-refractivity contribution in [3.8, 4) is 0 Å². The monoisotopic (exact) mass is 543 g/mol. The molecule has 1 saturated heterocycles. The number of rotatable bonds is 7. The molecule has 8 heteroatoms. The summed E-state index contributed by atoms with van der Waals surface area (Å²) in [7, 11) is 1.81. The minimum absolute atomic E-state index is 0. The van der Waals surface area contributed by atoms with Gasteiger partial charge in [0, 0.05) is 44.3 Å². The fraction of sp³-hybridized carbons (Fsp3) is 0.545. The van der Waals surface area contributed by atoms with Crippen LogP contribution < -0.4 is 15.5 Å². The van der Waals surface area contributed by atoms with Gasteiger partial charge in [-0.25, -0.2) is 4.98 Å². The number of nitrogens with zero attached hydrogens (tertiary/aromatic N) is 3. The van der Waals surface area contributed by atoms with E-state index in [9.17, 15) is 0 Å². The second kappa shape index (κ2) is 12.5. The van der Waals surface area contributed by atoms with E-state index in [-0.39, 0.29) is 36.2 Å². The lowest BCUT2D eigenvalue weighted by atomic mass is 10.1. The molecule has 1 fully saturated rings. The highest BCUT2D eigenvalue weighted by Gasteiger charge is 2.22. The van der Waals surface area contributed by atoms with Crippen LogP contribution in [-0.2, 0) is 17.7 Å². The van der Waals surface area contributed by atoms with Gasteiger partial charge in [-0.3, -0.25) is 4.99 Å². The van der Waals surface area contributed by atoms with E-state index in [0.717, 1.165) is 43.4 Å². The average molecular weight is 544 g/mol. The number of pyridine rings is 1. The van der Waals surface area contributed by atoms with Gasteiger partial charge in [-0.1, -0.05) is 19.1 Å². The van der Waals surface area contributed by atoms with Gasteiger partial charge in [0.05, 0.1) is 12.2 Å². The van der Waals surface area contributed by atoms with E-state index < -0.39 is 0 Å². The Morgan fingerprint density at radius 3 is 2.63 bits per heavy atom. The Morgan fingerprint density at radius 1 is 1.27 bits per heavy atom. The Bertz CT molecular complexity index is 758. The maximum atomic E-state index is 5.81.